The first-order valence-electron chi connectivity index (χ1n) is 13.2. The maximum Gasteiger partial charge on any atom is 0.274 e. The molecule has 8 nitrogen and oxygen atoms in total. The van der Waals surface area contributed by atoms with E-state index in [2.05, 4.69) is 41.3 Å². The van der Waals surface area contributed by atoms with Crippen LogP contribution in [-0.4, -0.2) is 63.2 Å². The largest absolute Gasteiger partial charge is 0.375 e. The molecule has 2 amide bonds. The third kappa shape index (κ3) is 5.56. The number of H-pyrrole nitrogens is 2. The van der Waals surface area contributed by atoms with Gasteiger partial charge in [0.25, 0.3) is 5.91 Å². The fourth-order valence-electron chi connectivity index (χ4n) is 5.50. The molecule has 198 valence electrons. The van der Waals surface area contributed by atoms with Crippen LogP contribution in [0.3, 0.4) is 0 Å². The summed E-state index contributed by atoms with van der Waals surface area (Å²) < 4.78 is 19.9. The molecular weight excluding hydrogens is 473 g/mol. The second-order valence-corrected chi connectivity index (χ2v) is 11.5. The van der Waals surface area contributed by atoms with Gasteiger partial charge in [-0.2, -0.15) is 5.10 Å². The van der Waals surface area contributed by atoms with Gasteiger partial charge in [-0.15, -0.1) is 0 Å². The van der Waals surface area contributed by atoms with Crippen molar-refractivity contribution in [1.29, 1.82) is 0 Å². The highest BCUT2D eigenvalue weighted by Gasteiger charge is 2.42. The van der Waals surface area contributed by atoms with E-state index >= 15 is 0 Å². The average molecular weight is 510 g/mol. The zero-order valence-corrected chi connectivity index (χ0v) is 21.8. The molecule has 3 aromatic rings. The molecule has 1 atom stereocenters. The highest BCUT2D eigenvalue weighted by molar-refractivity contribution is 5.92. The number of piperidine rings is 1. The number of carbonyl (C=O) groups is 2. The van der Waals surface area contributed by atoms with Crippen molar-refractivity contribution in [2.75, 3.05) is 19.7 Å². The van der Waals surface area contributed by atoms with Crippen LogP contribution in [0.25, 0.3) is 10.9 Å². The molecule has 2 fully saturated rings. The second kappa shape index (κ2) is 9.93. The zero-order valence-electron chi connectivity index (χ0n) is 21.8. The van der Waals surface area contributed by atoms with Gasteiger partial charge in [-0.05, 0) is 61.9 Å². The number of aryl methyl sites for hydroxylation is 1. The molecule has 0 radical (unpaired) electrons. The fourth-order valence-corrected chi connectivity index (χ4v) is 5.50. The first kappa shape index (κ1) is 25.4. The predicted molar refractivity (Wildman–Crippen MR) is 139 cm³/mol. The Morgan fingerprint density at radius 3 is 2.76 bits per heavy atom. The minimum Gasteiger partial charge on any atom is -0.375 e. The van der Waals surface area contributed by atoms with Crippen LogP contribution in [0.2, 0.25) is 0 Å². The summed E-state index contributed by atoms with van der Waals surface area (Å²) in [7, 11) is 0. The number of halogens is 1. The maximum absolute atomic E-state index is 13.6. The Kier molecular flexibility index (Phi) is 6.83. The van der Waals surface area contributed by atoms with E-state index in [9.17, 15) is 14.0 Å². The standard InChI is InChI=1S/C28H36FN5O3/c1-27(2,3)24-15-23(32-33-24)26(36)34-11-9-28(10-12-34)16-20(8-13-37-28)31-25(35)7-4-18-17-30-22-6-5-19(29)14-21(18)22/h5-6,14-15,17,20,30H,4,7-13,16H2,1-3H3,(H,31,35)(H,32,33). The van der Waals surface area contributed by atoms with Crippen LogP contribution >= 0.6 is 0 Å². The summed E-state index contributed by atoms with van der Waals surface area (Å²) in [4.78, 5) is 30.8. The predicted octanol–water partition coefficient (Wildman–Crippen LogP) is 4.23. The molecule has 2 saturated heterocycles. The molecule has 1 spiro atoms. The lowest BCUT2D eigenvalue weighted by atomic mass is 9.82. The highest BCUT2D eigenvalue weighted by Crippen LogP contribution is 2.35. The zero-order chi connectivity index (χ0) is 26.2. The second-order valence-electron chi connectivity index (χ2n) is 11.5. The number of aromatic nitrogens is 3. The van der Waals surface area contributed by atoms with Crippen molar-refractivity contribution >= 4 is 22.7 Å². The molecule has 1 aromatic carbocycles. The van der Waals surface area contributed by atoms with Crippen LogP contribution in [-0.2, 0) is 21.4 Å². The Hall–Kier alpha value is -3.20. The Morgan fingerprint density at radius 2 is 2.03 bits per heavy atom. The summed E-state index contributed by atoms with van der Waals surface area (Å²) in [6, 6.07) is 6.55. The molecule has 3 N–H and O–H groups in total. The normalized spacial score (nSPS) is 19.9. The minimum absolute atomic E-state index is 0.00592. The topological polar surface area (TPSA) is 103 Å². The van der Waals surface area contributed by atoms with Crippen molar-refractivity contribution in [3.8, 4) is 0 Å². The molecule has 2 aromatic heterocycles. The van der Waals surface area contributed by atoms with Crippen molar-refractivity contribution < 1.29 is 18.7 Å². The lowest BCUT2D eigenvalue weighted by Crippen LogP contribution is -2.54. The van der Waals surface area contributed by atoms with Gasteiger partial charge >= 0.3 is 0 Å². The molecular formula is C28H36FN5O3. The molecule has 1 unspecified atom stereocenters. The van der Waals surface area contributed by atoms with Crippen molar-refractivity contribution in [2.24, 2.45) is 0 Å². The van der Waals surface area contributed by atoms with Gasteiger partial charge in [-0.3, -0.25) is 14.7 Å². The van der Waals surface area contributed by atoms with Crippen molar-refractivity contribution in [2.45, 2.75) is 76.4 Å². The summed E-state index contributed by atoms with van der Waals surface area (Å²) in [5.74, 6) is -0.343. The third-order valence-electron chi connectivity index (χ3n) is 7.78. The van der Waals surface area contributed by atoms with Crippen LogP contribution in [0.5, 0.6) is 0 Å². The number of ether oxygens (including phenoxy) is 1. The molecule has 2 aliphatic rings. The fraction of sp³-hybridized carbons (Fsp3) is 0.536. The van der Waals surface area contributed by atoms with Gasteiger partial charge in [0.1, 0.15) is 11.5 Å². The number of benzene rings is 1. The highest BCUT2D eigenvalue weighted by atomic mass is 19.1. The van der Waals surface area contributed by atoms with E-state index in [0.29, 0.717) is 38.2 Å². The van der Waals surface area contributed by atoms with E-state index in [1.165, 1.54) is 12.1 Å². The van der Waals surface area contributed by atoms with Gasteiger partial charge in [-0.1, -0.05) is 20.8 Å². The quantitative estimate of drug-likeness (QED) is 0.479. The van der Waals surface area contributed by atoms with E-state index in [-0.39, 0.29) is 34.7 Å². The smallest absolute Gasteiger partial charge is 0.274 e. The number of aromatic amines is 2. The van der Waals surface area contributed by atoms with E-state index in [0.717, 1.165) is 47.8 Å². The number of amides is 2. The van der Waals surface area contributed by atoms with Crippen LogP contribution in [0.4, 0.5) is 4.39 Å². The van der Waals surface area contributed by atoms with Gasteiger partial charge in [0, 0.05) is 60.4 Å². The Labute approximate surface area is 216 Å². The Balaban J connectivity index is 1.12. The number of nitrogens with zero attached hydrogens (tertiary/aromatic N) is 2. The minimum atomic E-state index is -0.316. The van der Waals surface area contributed by atoms with Gasteiger partial charge in [0.05, 0.1) is 5.60 Å². The molecule has 4 heterocycles. The number of carbonyl (C=O) groups excluding carboxylic acids is 2. The van der Waals surface area contributed by atoms with Gasteiger partial charge in [-0.25, -0.2) is 4.39 Å². The summed E-state index contributed by atoms with van der Waals surface area (Å²) in [6.07, 6.45) is 5.74. The monoisotopic (exact) mass is 509 g/mol. The van der Waals surface area contributed by atoms with E-state index in [1.807, 2.05) is 17.2 Å². The van der Waals surface area contributed by atoms with E-state index in [4.69, 9.17) is 4.74 Å². The molecule has 37 heavy (non-hydrogen) atoms. The number of fused-ring (bicyclic) bond motifs is 1. The van der Waals surface area contributed by atoms with Gasteiger partial charge in [0.2, 0.25) is 5.91 Å². The Bertz CT molecular complexity index is 1280. The molecule has 0 aliphatic carbocycles. The van der Waals surface area contributed by atoms with E-state index in [1.54, 1.807) is 6.07 Å². The first-order chi connectivity index (χ1) is 17.6. The van der Waals surface area contributed by atoms with Crippen molar-refractivity contribution in [3.63, 3.8) is 0 Å². The number of likely N-dealkylation sites (tertiary alicyclic amines) is 1. The maximum atomic E-state index is 13.6. The van der Waals surface area contributed by atoms with Crippen LogP contribution < -0.4 is 5.32 Å². The third-order valence-corrected chi connectivity index (χ3v) is 7.78. The van der Waals surface area contributed by atoms with Crippen LogP contribution in [0, 0.1) is 5.82 Å². The number of hydrogen-bond donors (Lipinski definition) is 3. The molecule has 5 rings (SSSR count). The summed E-state index contributed by atoms with van der Waals surface area (Å²) in [5.41, 5.74) is 2.79. The molecule has 2 aliphatic heterocycles. The van der Waals surface area contributed by atoms with Gasteiger partial charge < -0.3 is 19.9 Å². The number of hydrogen-bond acceptors (Lipinski definition) is 4. The molecule has 0 bridgehead atoms. The molecule has 0 saturated carbocycles. The summed E-state index contributed by atoms with van der Waals surface area (Å²) in [6.45, 7) is 8.05. The molecule has 9 heteroatoms. The van der Waals surface area contributed by atoms with Crippen LogP contribution in [0.1, 0.15) is 74.6 Å². The van der Waals surface area contributed by atoms with E-state index < -0.39 is 0 Å². The average Bonchev–Trinajstić information content (AvgIpc) is 3.50. The Morgan fingerprint density at radius 1 is 1.24 bits per heavy atom. The van der Waals surface area contributed by atoms with Crippen molar-refractivity contribution in [1.82, 2.24) is 25.4 Å². The summed E-state index contributed by atoms with van der Waals surface area (Å²) in [5, 5.41) is 11.3. The van der Waals surface area contributed by atoms with Crippen molar-refractivity contribution in [3.05, 3.63) is 53.2 Å². The lowest BCUT2D eigenvalue weighted by Gasteiger charge is -2.46. The number of nitrogens with one attached hydrogen (secondary N) is 3. The summed E-state index contributed by atoms with van der Waals surface area (Å²) >= 11 is 0. The number of rotatable bonds is 5. The lowest BCUT2D eigenvalue weighted by molar-refractivity contribution is -0.130. The SMILES string of the molecule is CC(C)(C)c1cc(C(=O)N2CCC3(CC2)CC(NC(=O)CCc2c[nH]c4ccc(F)cc24)CCO3)n[nH]1. The first-order valence-corrected chi connectivity index (χ1v) is 13.2. The van der Waals surface area contributed by atoms with Crippen LogP contribution in [0.15, 0.2) is 30.5 Å². The van der Waals surface area contributed by atoms with Gasteiger partial charge in [0.15, 0.2) is 0 Å².